The molecular weight excluding hydrogens is 310 g/mol. The molecule has 2 N–H and O–H groups in total. The number of aromatic amines is 1. The number of aryl methyl sites for hydroxylation is 1. The molecule has 0 amide bonds. The van der Waals surface area contributed by atoms with E-state index in [1.54, 1.807) is 36.7 Å². The highest BCUT2D eigenvalue weighted by molar-refractivity contribution is 5.87. The number of rotatable bonds is 3. The van der Waals surface area contributed by atoms with Crippen molar-refractivity contribution in [2.45, 2.75) is 6.92 Å². The Hall–Kier alpha value is -3.73. The quantitative estimate of drug-likeness (QED) is 0.707. The van der Waals surface area contributed by atoms with Gasteiger partial charge in [-0.05, 0) is 37.1 Å². The van der Waals surface area contributed by atoms with Gasteiger partial charge < -0.3 is 9.84 Å². The summed E-state index contributed by atoms with van der Waals surface area (Å²) in [4.78, 5) is 19.2. The number of aromatic carboxylic acids is 1. The van der Waals surface area contributed by atoms with Crippen LogP contribution in [0.15, 0.2) is 36.7 Å². The number of carboxylic acid groups (broad SMARTS) is 1. The number of hydrogen-bond acceptors (Lipinski definition) is 6. The van der Waals surface area contributed by atoms with Gasteiger partial charge in [0.05, 0.1) is 11.9 Å². The molecule has 0 aliphatic heterocycles. The molecule has 0 fully saturated rings. The zero-order valence-electron chi connectivity index (χ0n) is 12.5. The highest BCUT2D eigenvalue weighted by Gasteiger charge is 2.16. The standard InChI is InChI=1S/C16H11N5O3/c1-10-8-18-12(9-17-10)5-2-11-3-6-13(7-4-11)24-15-14(16(22)23)19-21-20-15/h3-4,6-9H,1H3,(H,22,23)(H,19,20,21). The van der Waals surface area contributed by atoms with Gasteiger partial charge in [0.25, 0.3) is 5.88 Å². The van der Waals surface area contributed by atoms with Crippen LogP contribution in [0.2, 0.25) is 0 Å². The number of H-pyrrole nitrogens is 1. The van der Waals surface area contributed by atoms with Crippen LogP contribution >= 0.6 is 0 Å². The van der Waals surface area contributed by atoms with Crippen LogP contribution in [-0.4, -0.2) is 36.5 Å². The lowest BCUT2D eigenvalue weighted by Crippen LogP contribution is -1.99. The van der Waals surface area contributed by atoms with Gasteiger partial charge in [-0.15, -0.1) is 0 Å². The first kappa shape index (κ1) is 15.2. The Morgan fingerprint density at radius 1 is 1.17 bits per heavy atom. The van der Waals surface area contributed by atoms with Gasteiger partial charge in [-0.2, -0.15) is 0 Å². The predicted molar refractivity (Wildman–Crippen MR) is 82.6 cm³/mol. The van der Waals surface area contributed by atoms with Crippen molar-refractivity contribution in [2.75, 3.05) is 0 Å². The average Bonchev–Trinajstić information content (AvgIpc) is 3.04. The second-order valence-electron chi connectivity index (χ2n) is 4.72. The Morgan fingerprint density at radius 2 is 1.96 bits per heavy atom. The van der Waals surface area contributed by atoms with Crippen LogP contribution in [0.3, 0.4) is 0 Å². The molecule has 118 valence electrons. The molecule has 0 unspecified atom stereocenters. The maximum Gasteiger partial charge on any atom is 0.359 e. The lowest BCUT2D eigenvalue weighted by atomic mass is 10.2. The molecule has 0 atom stereocenters. The number of hydrogen-bond donors (Lipinski definition) is 2. The summed E-state index contributed by atoms with van der Waals surface area (Å²) in [6.45, 7) is 1.85. The van der Waals surface area contributed by atoms with E-state index in [0.717, 1.165) is 11.3 Å². The van der Waals surface area contributed by atoms with Gasteiger partial charge in [-0.25, -0.2) is 14.9 Å². The molecule has 0 saturated carbocycles. The van der Waals surface area contributed by atoms with E-state index >= 15 is 0 Å². The molecular formula is C16H11N5O3. The summed E-state index contributed by atoms with van der Waals surface area (Å²) >= 11 is 0. The van der Waals surface area contributed by atoms with E-state index in [1.807, 2.05) is 6.92 Å². The number of benzene rings is 1. The Labute approximate surface area is 136 Å². The molecule has 8 heteroatoms. The molecule has 3 aromatic rings. The monoisotopic (exact) mass is 321 g/mol. The summed E-state index contributed by atoms with van der Waals surface area (Å²) in [6.07, 6.45) is 3.26. The maximum atomic E-state index is 10.9. The minimum Gasteiger partial charge on any atom is -0.476 e. The SMILES string of the molecule is Cc1cnc(C#Cc2ccc(Oc3nn[nH]c3C(=O)O)cc2)cn1. The number of carbonyl (C=O) groups is 1. The first-order valence-electron chi connectivity index (χ1n) is 6.85. The van der Waals surface area contributed by atoms with E-state index in [0.29, 0.717) is 11.4 Å². The van der Waals surface area contributed by atoms with Crippen LogP contribution in [0, 0.1) is 18.8 Å². The summed E-state index contributed by atoms with van der Waals surface area (Å²) in [5.41, 5.74) is 1.95. The summed E-state index contributed by atoms with van der Waals surface area (Å²) < 4.78 is 5.39. The zero-order valence-corrected chi connectivity index (χ0v) is 12.5. The van der Waals surface area contributed by atoms with Crippen LogP contribution < -0.4 is 4.74 Å². The Balaban J connectivity index is 1.73. The van der Waals surface area contributed by atoms with Crippen LogP contribution in [0.25, 0.3) is 0 Å². The van der Waals surface area contributed by atoms with Crippen molar-refractivity contribution >= 4 is 5.97 Å². The van der Waals surface area contributed by atoms with Gasteiger partial charge in [0, 0.05) is 11.8 Å². The first-order chi connectivity index (χ1) is 11.6. The minimum atomic E-state index is -1.20. The van der Waals surface area contributed by atoms with Crippen LogP contribution in [-0.2, 0) is 0 Å². The van der Waals surface area contributed by atoms with E-state index in [-0.39, 0.29) is 11.6 Å². The molecule has 0 radical (unpaired) electrons. The molecule has 0 bridgehead atoms. The molecule has 2 aromatic heterocycles. The summed E-state index contributed by atoms with van der Waals surface area (Å²) in [5.74, 6) is 4.99. The van der Waals surface area contributed by atoms with E-state index < -0.39 is 5.97 Å². The van der Waals surface area contributed by atoms with Gasteiger partial charge in [0.1, 0.15) is 11.4 Å². The van der Waals surface area contributed by atoms with E-state index in [9.17, 15) is 4.79 Å². The van der Waals surface area contributed by atoms with Crippen molar-refractivity contribution in [3.8, 4) is 23.5 Å². The smallest absolute Gasteiger partial charge is 0.359 e. The topological polar surface area (TPSA) is 114 Å². The van der Waals surface area contributed by atoms with Crippen molar-refractivity contribution in [1.82, 2.24) is 25.4 Å². The fourth-order valence-corrected chi connectivity index (χ4v) is 1.74. The maximum absolute atomic E-state index is 10.9. The van der Waals surface area contributed by atoms with Crippen molar-refractivity contribution in [3.05, 3.63) is 59.3 Å². The average molecular weight is 321 g/mol. The highest BCUT2D eigenvalue weighted by Crippen LogP contribution is 2.21. The molecule has 1 aromatic carbocycles. The molecule has 0 saturated heterocycles. The van der Waals surface area contributed by atoms with Crippen molar-refractivity contribution < 1.29 is 14.6 Å². The van der Waals surface area contributed by atoms with E-state index in [2.05, 4.69) is 37.2 Å². The van der Waals surface area contributed by atoms with Crippen LogP contribution in [0.4, 0.5) is 0 Å². The third-order valence-corrected chi connectivity index (χ3v) is 2.92. The van der Waals surface area contributed by atoms with Crippen molar-refractivity contribution in [1.29, 1.82) is 0 Å². The zero-order chi connectivity index (χ0) is 16.9. The molecule has 24 heavy (non-hydrogen) atoms. The molecule has 2 heterocycles. The third-order valence-electron chi connectivity index (χ3n) is 2.92. The molecule has 0 spiro atoms. The Bertz CT molecular complexity index is 921. The molecule has 3 rings (SSSR count). The summed E-state index contributed by atoms with van der Waals surface area (Å²) in [5, 5.41) is 18.2. The Kier molecular flexibility index (Phi) is 4.16. The van der Waals surface area contributed by atoms with Crippen molar-refractivity contribution in [2.24, 2.45) is 0 Å². The highest BCUT2D eigenvalue weighted by atomic mass is 16.5. The van der Waals surface area contributed by atoms with E-state index in [4.69, 9.17) is 9.84 Å². The van der Waals surface area contributed by atoms with Gasteiger partial charge in [0.2, 0.25) is 5.69 Å². The fourth-order valence-electron chi connectivity index (χ4n) is 1.74. The number of aromatic nitrogens is 5. The first-order valence-corrected chi connectivity index (χ1v) is 6.85. The van der Waals surface area contributed by atoms with Crippen LogP contribution in [0.5, 0.6) is 11.6 Å². The minimum absolute atomic E-state index is 0.101. The number of nitrogens with one attached hydrogen (secondary N) is 1. The number of carboxylic acids is 1. The second kappa shape index (κ2) is 6.58. The third kappa shape index (κ3) is 3.53. The van der Waals surface area contributed by atoms with Crippen LogP contribution in [0.1, 0.15) is 27.4 Å². The molecule has 8 nitrogen and oxygen atoms in total. The largest absolute Gasteiger partial charge is 0.476 e. The van der Waals surface area contributed by atoms with Gasteiger partial charge in [-0.1, -0.05) is 16.2 Å². The van der Waals surface area contributed by atoms with Gasteiger partial charge in [-0.3, -0.25) is 4.98 Å². The normalized spacial score (nSPS) is 9.88. The number of ether oxygens (including phenoxy) is 1. The lowest BCUT2D eigenvalue weighted by Gasteiger charge is -2.02. The molecule has 0 aliphatic carbocycles. The van der Waals surface area contributed by atoms with Gasteiger partial charge in [0.15, 0.2) is 0 Å². The van der Waals surface area contributed by atoms with E-state index in [1.165, 1.54) is 0 Å². The summed E-state index contributed by atoms with van der Waals surface area (Å²) in [7, 11) is 0. The second-order valence-corrected chi connectivity index (χ2v) is 4.72. The number of nitrogens with zero attached hydrogens (tertiary/aromatic N) is 4. The van der Waals surface area contributed by atoms with Crippen molar-refractivity contribution in [3.63, 3.8) is 0 Å². The lowest BCUT2D eigenvalue weighted by molar-refractivity contribution is 0.0687. The fraction of sp³-hybridized carbons (Fsp3) is 0.0625. The van der Waals surface area contributed by atoms with Gasteiger partial charge >= 0.3 is 5.97 Å². The molecule has 0 aliphatic rings. The summed E-state index contributed by atoms with van der Waals surface area (Å²) in [6, 6.07) is 6.80. The predicted octanol–water partition coefficient (Wildman–Crippen LogP) is 1.79. The Morgan fingerprint density at radius 3 is 2.62 bits per heavy atom.